The number of aliphatic hydroxyl groups excluding tert-OH is 6. The molecule has 24 heavy (non-hydrogen) atoms. The molecule has 0 saturated carbocycles. The first-order chi connectivity index (χ1) is 11.1. The maximum Gasteiger partial charge on any atom is 0.335 e. The molecule has 2 saturated heterocycles. The molecule has 12 heteroatoms. The molecule has 2 aliphatic rings. The molecule has 2 aliphatic heterocycles. The van der Waals surface area contributed by atoms with E-state index in [1.165, 1.54) is 6.92 Å². The van der Waals surface area contributed by atoms with E-state index >= 15 is 0 Å². The monoisotopic (exact) mass is 356 g/mol. The Labute approximate surface area is 135 Å². The summed E-state index contributed by atoms with van der Waals surface area (Å²) in [5.74, 6) is -1.61. The van der Waals surface area contributed by atoms with Gasteiger partial charge in [-0.25, -0.2) is 4.79 Å². The van der Waals surface area contributed by atoms with E-state index in [0.717, 1.165) is 0 Å². The lowest BCUT2D eigenvalue weighted by atomic mass is 9.99. The number of carboxylic acid groups (broad SMARTS) is 1. The van der Waals surface area contributed by atoms with Crippen LogP contribution in [0.4, 0.5) is 0 Å². The third kappa shape index (κ3) is 3.67. The summed E-state index contributed by atoms with van der Waals surface area (Å²) in [7, 11) is 0. The molecule has 0 aromatic heterocycles. The Kier molecular flexibility index (Phi) is 6.09. The van der Waals surface area contributed by atoms with Gasteiger partial charge in [0.05, 0.1) is 6.10 Å². The van der Waals surface area contributed by atoms with Crippen LogP contribution in [0.25, 0.3) is 0 Å². The van der Waals surface area contributed by atoms with Gasteiger partial charge in [-0.05, 0) is 6.92 Å². The number of aliphatic hydroxyl groups is 6. The van der Waals surface area contributed by atoms with E-state index in [0.29, 0.717) is 0 Å². The molecule has 0 aromatic carbocycles. The summed E-state index contributed by atoms with van der Waals surface area (Å²) >= 11 is 0. The fourth-order valence-corrected chi connectivity index (χ4v) is 2.33. The SMILES string of the molecule is C[C@H]1O[C@H](OO[C@H]2O[C@H](C(=O)O)[C@@H](O)[C@H](O)[C@H]2O)[C@H](O)[C@@H](O)[C@@H]1O. The minimum Gasteiger partial charge on any atom is -0.479 e. The van der Waals surface area contributed by atoms with Gasteiger partial charge in [-0.15, -0.1) is 0 Å². The molecular weight excluding hydrogens is 336 g/mol. The molecule has 12 nitrogen and oxygen atoms in total. The first-order valence-corrected chi connectivity index (χ1v) is 7.09. The number of hydrogen-bond donors (Lipinski definition) is 7. The zero-order valence-electron chi connectivity index (χ0n) is 12.4. The summed E-state index contributed by atoms with van der Waals surface area (Å²) in [6.45, 7) is 1.39. The molecule has 0 aliphatic carbocycles. The minimum atomic E-state index is -1.90. The predicted molar refractivity (Wildman–Crippen MR) is 68.8 cm³/mol. The third-order valence-electron chi connectivity index (χ3n) is 3.87. The quantitative estimate of drug-likeness (QED) is 0.189. The highest BCUT2D eigenvalue weighted by atomic mass is 17.3. The van der Waals surface area contributed by atoms with Crippen molar-refractivity contribution in [3.05, 3.63) is 0 Å². The second-order valence-electron chi connectivity index (χ2n) is 5.61. The molecule has 2 rings (SSSR count). The smallest absolute Gasteiger partial charge is 0.335 e. The highest BCUT2D eigenvalue weighted by molar-refractivity contribution is 5.73. The molecule has 0 spiro atoms. The van der Waals surface area contributed by atoms with Crippen LogP contribution in [0.2, 0.25) is 0 Å². The Morgan fingerprint density at radius 3 is 1.71 bits per heavy atom. The fourth-order valence-electron chi connectivity index (χ4n) is 2.33. The Morgan fingerprint density at radius 1 is 0.750 bits per heavy atom. The van der Waals surface area contributed by atoms with Crippen LogP contribution in [0.3, 0.4) is 0 Å². The number of carbonyl (C=O) groups is 1. The van der Waals surface area contributed by atoms with E-state index in [2.05, 4.69) is 4.89 Å². The van der Waals surface area contributed by atoms with Crippen LogP contribution in [-0.4, -0.2) is 103 Å². The first-order valence-electron chi connectivity index (χ1n) is 7.09. The van der Waals surface area contributed by atoms with Crippen LogP contribution >= 0.6 is 0 Å². The largest absolute Gasteiger partial charge is 0.479 e. The van der Waals surface area contributed by atoms with E-state index in [9.17, 15) is 35.4 Å². The van der Waals surface area contributed by atoms with E-state index < -0.39 is 67.4 Å². The Bertz CT molecular complexity index is 446. The molecule has 0 amide bonds. The van der Waals surface area contributed by atoms with Crippen LogP contribution in [0.5, 0.6) is 0 Å². The van der Waals surface area contributed by atoms with Gasteiger partial charge < -0.3 is 45.2 Å². The lowest BCUT2D eigenvalue weighted by Gasteiger charge is -2.40. The van der Waals surface area contributed by atoms with Crippen molar-refractivity contribution >= 4 is 5.97 Å². The summed E-state index contributed by atoms with van der Waals surface area (Å²) in [4.78, 5) is 20.3. The van der Waals surface area contributed by atoms with Gasteiger partial charge in [-0.1, -0.05) is 0 Å². The molecule has 0 unspecified atom stereocenters. The summed E-state index contributed by atoms with van der Waals surface area (Å²) in [6, 6.07) is 0. The van der Waals surface area contributed by atoms with Crippen molar-refractivity contribution in [1.82, 2.24) is 0 Å². The van der Waals surface area contributed by atoms with Crippen molar-refractivity contribution in [2.75, 3.05) is 0 Å². The second kappa shape index (κ2) is 7.53. The lowest BCUT2D eigenvalue weighted by Crippen LogP contribution is -2.61. The molecule has 0 aromatic rings. The second-order valence-corrected chi connectivity index (χ2v) is 5.61. The minimum absolute atomic E-state index is 0.923. The van der Waals surface area contributed by atoms with Crippen LogP contribution < -0.4 is 0 Å². The van der Waals surface area contributed by atoms with Crippen molar-refractivity contribution in [1.29, 1.82) is 0 Å². The normalized spacial score (nSPS) is 49.8. The summed E-state index contributed by atoms with van der Waals surface area (Å²) in [5, 5.41) is 66.6. The predicted octanol–water partition coefficient (Wildman–Crippen LogP) is -4.35. The van der Waals surface area contributed by atoms with Crippen molar-refractivity contribution in [3.63, 3.8) is 0 Å². The topological polar surface area (TPSA) is 196 Å². The zero-order valence-corrected chi connectivity index (χ0v) is 12.4. The standard InChI is InChI=1S/C12H20O12/c1-2-3(13)4(14)7(17)11(21-2)23-24-12-8(18)5(15)6(16)9(22-12)10(19)20/h2-9,11-18H,1H3,(H,19,20)/t2-,3-,4+,5+,6+,7-,8-,9+,11-,12-/m1/s1. The van der Waals surface area contributed by atoms with Crippen molar-refractivity contribution in [3.8, 4) is 0 Å². The molecule has 0 bridgehead atoms. The fraction of sp³-hybridized carbons (Fsp3) is 0.917. The molecular formula is C12H20O12. The van der Waals surface area contributed by atoms with Gasteiger partial charge in [0.2, 0.25) is 12.6 Å². The van der Waals surface area contributed by atoms with Crippen molar-refractivity contribution in [2.45, 2.75) is 68.3 Å². The molecule has 2 heterocycles. The van der Waals surface area contributed by atoms with Crippen molar-refractivity contribution < 1.29 is 59.8 Å². The highest BCUT2D eigenvalue weighted by Gasteiger charge is 2.49. The average Bonchev–Trinajstić information content (AvgIpc) is 2.54. The van der Waals surface area contributed by atoms with Gasteiger partial charge in [-0.3, -0.25) is 0 Å². The van der Waals surface area contributed by atoms with Gasteiger partial charge in [0.25, 0.3) is 0 Å². The zero-order chi connectivity index (χ0) is 18.2. The summed E-state index contributed by atoms with van der Waals surface area (Å²) in [6.07, 6.45) is -16.5. The van der Waals surface area contributed by atoms with Crippen LogP contribution in [0.1, 0.15) is 6.92 Å². The Morgan fingerprint density at radius 2 is 1.21 bits per heavy atom. The van der Waals surface area contributed by atoms with Gasteiger partial charge in [0, 0.05) is 0 Å². The molecule has 2 fully saturated rings. The number of hydrogen-bond acceptors (Lipinski definition) is 11. The molecule has 140 valence electrons. The molecule has 0 radical (unpaired) electrons. The number of aliphatic carboxylic acids is 1. The van der Waals surface area contributed by atoms with Crippen molar-refractivity contribution in [2.24, 2.45) is 0 Å². The van der Waals surface area contributed by atoms with Gasteiger partial charge in [0.1, 0.15) is 36.6 Å². The van der Waals surface area contributed by atoms with Crippen LogP contribution in [-0.2, 0) is 24.0 Å². The highest BCUT2D eigenvalue weighted by Crippen LogP contribution is 2.26. The maximum atomic E-state index is 10.9. The number of rotatable bonds is 4. The van der Waals surface area contributed by atoms with Gasteiger partial charge in [-0.2, -0.15) is 9.78 Å². The van der Waals surface area contributed by atoms with Gasteiger partial charge in [0.15, 0.2) is 6.10 Å². The Hall–Kier alpha value is -0.930. The molecule has 10 atom stereocenters. The van der Waals surface area contributed by atoms with E-state index in [1.54, 1.807) is 0 Å². The lowest BCUT2D eigenvalue weighted by molar-refractivity contribution is -0.483. The number of ether oxygens (including phenoxy) is 2. The summed E-state index contributed by atoms with van der Waals surface area (Å²) in [5.41, 5.74) is 0. The van der Waals surface area contributed by atoms with E-state index in [1.807, 2.05) is 0 Å². The molecule has 7 N–H and O–H groups in total. The van der Waals surface area contributed by atoms with Crippen LogP contribution in [0, 0.1) is 0 Å². The maximum absolute atomic E-state index is 10.9. The first kappa shape index (κ1) is 19.4. The summed E-state index contributed by atoms with van der Waals surface area (Å²) < 4.78 is 9.85. The Balaban J connectivity index is 1.98. The number of carboxylic acids is 1. The van der Waals surface area contributed by atoms with Crippen LogP contribution in [0.15, 0.2) is 0 Å². The average molecular weight is 356 g/mol. The van der Waals surface area contributed by atoms with E-state index in [-0.39, 0.29) is 0 Å². The third-order valence-corrected chi connectivity index (χ3v) is 3.87. The van der Waals surface area contributed by atoms with Gasteiger partial charge >= 0.3 is 5.97 Å². The van der Waals surface area contributed by atoms with E-state index in [4.69, 9.17) is 19.5 Å².